The van der Waals surface area contributed by atoms with E-state index in [1.54, 1.807) is 13.2 Å². The van der Waals surface area contributed by atoms with Crippen molar-refractivity contribution < 1.29 is 9.13 Å². The number of methoxy groups -OCH3 is 1. The van der Waals surface area contributed by atoms with Gasteiger partial charge in [0.15, 0.2) is 0 Å². The van der Waals surface area contributed by atoms with Crippen molar-refractivity contribution in [2.75, 3.05) is 70.9 Å². The minimum atomic E-state index is -0.285. The first-order chi connectivity index (χ1) is 15.7. The Morgan fingerprint density at radius 2 is 1.66 bits per heavy atom. The van der Waals surface area contributed by atoms with E-state index in [4.69, 9.17) is 4.74 Å². The van der Waals surface area contributed by atoms with Gasteiger partial charge in [-0.1, -0.05) is 30.3 Å². The SMILES string of the molecule is C1CNCCN1.COc1cc(F)ccc1N1CCN(CCC(C#N)c2ccccc2)CC1. The average Bonchev–Trinajstić information content (AvgIpc) is 2.87. The Balaban J connectivity index is 0.000000416. The summed E-state index contributed by atoms with van der Waals surface area (Å²) in [6.45, 7) is 9.04. The van der Waals surface area contributed by atoms with Gasteiger partial charge in [-0.2, -0.15) is 5.26 Å². The first-order valence-electron chi connectivity index (χ1n) is 11.4. The molecule has 0 radical (unpaired) electrons. The average molecular weight is 440 g/mol. The minimum absolute atomic E-state index is 0.0635. The molecule has 0 spiro atoms. The zero-order valence-electron chi connectivity index (χ0n) is 18.9. The van der Waals surface area contributed by atoms with Crippen LogP contribution in [-0.4, -0.2) is 70.9 Å². The molecule has 1 unspecified atom stereocenters. The van der Waals surface area contributed by atoms with Crippen molar-refractivity contribution in [2.45, 2.75) is 12.3 Å². The summed E-state index contributed by atoms with van der Waals surface area (Å²) in [5.74, 6) is 0.228. The van der Waals surface area contributed by atoms with Gasteiger partial charge in [-0.15, -0.1) is 0 Å². The van der Waals surface area contributed by atoms with E-state index in [0.717, 1.165) is 76.6 Å². The van der Waals surface area contributed by atoms with Crippen molar-refractivity contribution in [2.24, 2.45) is 0 Å². The van der Waals surface area contributed by atoms with Crippen LogP contribution in [0.4, 0.5) is 10.1 Å². The number of halogens is 1. The van der Waals surface area contributed by atoms with Gasteiger partial charge in [0.2, 0.25) is 0 Å². The Labute approximate surface area is 191 Å². The molecule has 2 aliphatic heterocycles. The Bertz CT molecular complexity index is 834. The number of hydrogen-bond acceptors (Lipinski definition) is 6. The van der Waals surface area contributed by atoms with Crippen LogP contribution < -0.4 is 20.3 Å². The van der Waals surface area contributed by atoms with Gasteiger partial charge in [0.25, 0.3) is 0 Å². The molecule has 1 atom stereocenters. The molecule has 6 nitrogen and oxygen atoms in total. The van der Waals surface area contributed by atoms with Crippen molar-refractivity contribution in [3.63, 3.8) is 0 Å². The highest BCUT2D eigenvalue weighted by Crippen LogP contribution is 2.30. The van der Waals surface area contributed by atoms with Crippen LogP contribution in [0.1, 0.15) is 17.9 Å². The number of nitrogens with one attached hydrogen (secondary N) is 2. The molecule has 0 saturated carbocycles. The van der Waals surface area contributed by atoms with Gasteiger partial charge >= 0.3 is 0 Å². The summed E-state index contributed by atoms with van der Waals surface area (Å²) in [6.07, 6.45) is 0.834. The summed E-state index contributed by atoms with van der Waals surface area (Å²) in [7, 11) is 1.57. The zero-order chi connectivity index (χ0) is 22.6. The number of anilines is 1. The molecule has 0 aromatic heterocycles. The van der Waals surface area contributed by atoms with E-state index in [9.17, 15) is 9.65 Å². The molecule has 0 aliphatic carbocycles. The highest BCUT2D eigenvalue weighted by molar-refractivity contribution is 5.59. The lowest BCUT2D eigenvalue weighted by Gasteiger charge is -2.36. The van der Waals surface area contributed by atoms with Crippen molar-refractivity contribution in [1.82, 2.24) is 15.5 Å². The van der Waals surface area contributed by atoms with Crippen molar-refractivity contribution in [3.8, 4) is 11.8 Å². The topological polar surface area (TPSA) is 63.6 Å². The molecule has 2 aromatic rings. The number of nitriles is 1. The lowest BCUT2D eigenvalue weighted by atomic mass is 9.97. The van der Waals surface area contributed by atoms with E-state index in [-0.39, 0.29) is 11.7 Å². The van der Waals surface area contributed by atoms with Gasteiger partial charge in [0, 0.05) is 58.4 Å². The maximum Gasteiger partial charge on any atom is 0.145 e. The standard InChI is InChI=1S/C21H24FN3O.C4H10N2/c1-26-21-15-19(22)7-8-20(21)25-13-11-24(12-14-25)10-9-18(16-23)17-5-3-2-4-6-17;1-2-6-4-3-5-1/h2-8,15,18H,9-14H2,1H3;5-6H,1-4H2. The largest absolute Gasteiger partial charge is 0.494 e. The molecule has 7 heteroatoms. The Morgan fingerprint density at radius 3 is 2.22 bits per heavy atom. The Kier molecular flexibility index (Phi) is 9.76. The zero-order valence-corrected chi connectivity index (χ0v) is 18.9. The summed E-state index contributed by atoms with van der Waals surface area (Å²) in [4.78, 5) is 4.62. The molecule has 2 heterocycles. The van der Waals surface area contributed by atoms with Crippen molar-refractivity contribution in [1.29, 1.82) is 5.26 Å². The molecule has 2 aliphatic rings. The van der Waals surface area contributed by atoms with Crippen LogP contribution in [0.15, 0.2) is 48.5 Å². The molecule has 32 heavy (non-hydrogen) atoms. The fourth-order valence-electron chi connectivity index (χ4n) is 4.03. The first-order valence-corrected chi connectivity index (χ1v) is 11.4. The third kappa shape index (κ3) is 7.20. The molecule has 0 amide bonds. The minimum Gasteiger partial charge on any atom is -0.494 e. The Morgan fingerprint density at radius 1 is 1.00 bits per heavy atom. The van der Waals surface area contributed by atoms with E-state index in [0.29, 0.717) is 5.75 Å². The second-order valence-corrected chi connectivity index (χ2v) is 8.03. The van der Waals surface area contributed by atoms with Gasteiger partial charge in [0.05, 0.1) is 24.8 Å². The normalized spacial score (nSPS) is 17.6. The van der Waals surface area contributed by atoms with Crippen LogP contribution in [0.25, 0.3) is 0 Å². The summed E-state index contributed by atoms with van der Waals surface area (Å²) < 4.78 is 18.7. The fourth-order valence-corrected chi connectivity index (χ4v) is 4.03. The molecule has 2 saturated heterocycles. The number of hydrogen-bond donors (Lipinski definition) is 2. The van der Waals surface area contributed by atoms with Crippen LogP contribution in [0.3, 0.4) is 0 Å². The lowest BCUT2D eigenvalue weighted by Crippen LogP contribution is -2.46. The molecule has 0 bridgehead atoms. The van der Waals surface area contributed by atoms with Gasteiger partial charge < -0.3 is 20.3 Å². The van der Waals surface area contributed by atoms with E-state index in [1.807, 2.05) is 30.3 Å². The molecule has 2 N–H and O–H groups in total. The molecule has 2 aromatic carbocycles. The lowest BCUT2D eigenvalue weighted by molar-refractivity contribution is 0.251. The van der Waals surface area contributed by atoms with Crippen molar-refractivity contribution >= 4 is 5.69 Å². The predicted molar refractivity (Wildman–Crippen MR) is 127 cm³/mol. The Hall–Kier alpha value is -2.66. The molecule has 4 rings (SSSR count). The number of nitrogens with zero attached hydrogens (tertiary/aromatic N) is 3. The third-order valence-corrected chi connectivity index (χ3v) is 5.90. The number of benzene rings is 2. The predicted octanol–water partition coefficient (Wildman–Crippen LogP) is 2.83. The van der Waals surface area contributed by atoms with E-state index < -0.39 is 0 Å². The second kappa shape index (κ2) is 13.0. The van der Waals surface area contributed by atoms with E-state index in [2.05, 4.69) is 26.5 Å². The van der Waals surface area contributed by atoms with E-state index >= 15 is 0 Å². The van der Waals surface area contributed by atoms with Gasteiger partial charge in [-0.3, -0.25) is 4.90 Å². The van der Waals surface area contributed by atoms with Gasteiger partial charge in [-0.05, 0) is 30.7 Å². The summed E-state index contributed by atoms with van der Waals surface area (Å²) in [5.41, 5.74) is 2.03. The smallest absolute Gasteiger partial charge is 0.145 e. The quantitative estimate of drug-likeness (QED) is 0.722. The maximum absolute atomic E-state index is 13.4. The van der Waals surface area contributed by atoms with Crippen LogP contribution in [-0.2, 0) is 0 Å². The van der Waals surface area contributed by atoms with Crippen LogP contribution >= 0.6 is 0 Å². The summed E-state index contributed by atoms with van der Waals surface area (Å²) in [5, 5.41) is 15.9. The molecular formula is C25H34FN5O. The molecule has 172 valence electrons. The summed E-state index contributed by atoms with van der Waals surface area (Å²) >= 11 is 0. The second-order valence-electron chi connectivity index (χ2n) is 8.03. The highest BCUT2D eigenvalue weighted by atomic mass is 19.1. The fraction of sp³-hybridized carbons (Fsp3) is 0.480. The van der Waals surface area contributed by atoms with Gasteiger partial charge in [-0.25, -0.2) is 4.39 Å². The van der Waals surface area contributed by atoms with E-state index in [1.165, 1.54) is 12.1 Å². The third-order valence-electron chi connectivity index (χ3n) is 5.90. The van der Waals surface area contributed by atoms with Gasteiger partial charge in [0.1, 0.15) is 11.6 Å². The number of rotatable bonds is 6. The molecule has 2 fully saturated rings. The van der Waals surface area contributed by atoms with Crippen LogP contribution in [0.2, 0.25) is 0 Å². The maximum atomic E-state index is 13.4. The first kappa shape index (κ1) is 24.0. The monoisotopic (exact) mass is 439 g/mol. The highest BCUT2D eigenvalue weighted by Gasteiger charge is 2.21. The summed E-state index contributed by atoms with van der Waals surface area (Å²) in [6, 6.07) is 17.1. The van der Waals surface area contributed by atoms with Crippen LogP contribution in [0, 0.1) is 17.1 Å². The van der Waals surface area contributed by atoms with Crippen LogP contribution in [0.5, 0.6) is 5.75 Å². The number of ether oxygens (including phenoxy) is 1. The molecular weight excluding hydrogens is 405 g/mol. The number of piperazine rings is 2. The van der Waals surface area contributed by atoms with Crippen molar-refractivity contribution in [3.05, 3.63) is 59.9 Å².